The second kappa shape index (κ2) is 8.53. The number of hydrogen-bond acceptors (Lipinski definition) is 7. The monoisotopic (exact) mass is 378 g/mol. The molecule has 11 heteroatoms. The van der Waals surface area contributed by atoms with Gasteiger partial charge in [0, 0.05) is 17.7 Å². The number of amides is 1. The van der Waals surface area contributed by atoms with E-state index in [9.17, 15) is 25.0 Å². The molecule has 0 bridgehead atoms. The third kappa shape index (κ3) is 4.98. The van der Waals surface area contributed by atoms with E-state index in [-0.39, 0.29) is 22.1 Å². The van der Waals surface area contributed by atoms with Gasteiger partial charge in [-0.15, -0.1) is 0 Å². The van der Waals surface area contributed by atoms with Crippen molar-refractivity contribution in [2.24, 2.45) is 5.10 Å². The molecule has 10 nitrogen and oxygen atoms in total. The molecule has 0 aliphatic carbocycles. The van der Waals surface area contributed by atoms with Gasteiger partial charge in [-0.05, 0) is 12.1 Å². The van der Waals surface area contributed by atoms with Crippen LogP contribution in [0.25, 0.3) is 0 Å². The molecule has 1 N–H and O–H groups in total. The van der Waals surface area contributed by atoms with Crippen molar-refractivity contribution >= 4 is 35.1 Å². The van der Waals surface area contributed by atoms with E-state index in [1.807, 2.05) is 0 Å². The molecule has 0 heterocycles. The maximum absolute atomic E-state index is 11.7. The minimum Gasteiger partial charge on any atom is -0.477 e. The molecule has 0 aliphatic rings. The van der Waals surface area contributed by atoms with Crippen LogP contribution < -0.4 is 10.2 Å². The van der Waals surface area contributed by atoms with Crippen molar-refractivity contribution in [2.75, 3.05) is 6.61 Å². The van der Waals surface area contributed by atoms with Crippen LogP contribution in [-0.2, 0) is 4.79 Å². The van der Waals surface area contributed by atoms with Crippen LogP contribution >= 0.6 is 11.6 Å². The summed E-state index contributed by atoms with van der Waals surface area (Å²) in [5.74, 6) is -0.715. The van der Waals surface area contributed by atoms with Crippen molar-refractivity contribution in [1.82, 2.24) is 5.43 Å². The predicted octanol–water partition coefficient (Wildman–Crippen LogP) is 2.69. The Morgan fingerprint density at radius 3 is 2.54 bits per heavy atom. The van der Waals surface area contributed by atoms with Gasteiger partial charge in [0.2, 0.25) is 0 Å². The smallest absolute Gasteiger partial charge is 0.310 e. The Morgan fingerprint density at radius 2 is 1.85 bits per heavy atom. The molecule has 0 unspecified atom stereocenters. The van der Waals surface area contributed by atoms with Gasteiger partial charge in [-0.1, -0.05) is 29.8 Å². The number of carbonyl (C=O) groups is 1. The first kappa shape index (κ1) is 18.8. The zero-order valence-corrected chi connectivity index (χ0v) is 13.8. The SMILES string of the molecule is O=C(COc1ccccc1[N+](=O)[O-])NN=Cc1ccc(Cl)c([N+](=O)[O-])c1. The van der Waals surface area contributed by atoms with Gasteiger partial charge in [0.1, 0.15) is 5.02 Å². The Morgan fingerprint density at radius 1 is 1.15 bits per heavy atom. The number of hydrogen-bond donors (Lipinski definition) is 1. The molecule has 0 fully saturated rings. The van der Waals surface area contributed by atoms with Gasteiger partial charge in [0.25, 0.3) is 11.6 Å². The summed E-state index contributed by atoms with van der Waals surface area (Å²) in [4.78, 5) is 32.0. The van der Waals surface area contributed by atoms with Gasteiger partial charge in [0.05, 0.1) is 16.1 Å². The Bertz CT molecular complexity index is 886. The summed E-state index contributed by atoms with van der Waals surface area (Å²) in [6.07, 6.45) is 1.19. The minimum absolute atomic E-state index is 0.0194. The van der Waals surface area contributed by atoms with Crippen LogP contribution in [0.1, 0.15) is 5.56 Å². The number of ether oxygens (including phenoxy) is 1. The molecular formula is C15H11ClN4O6. The van der Waals surface area contributed by atoms with Crippen molar-refractivity contribution in [3.05, 3.63) is 73.3 Å². The number of benzene rings is 2. The van der Waals surface area contributed by atoms with E-state index in [1.54, 1.807) is 0 Å². The Labute approximate surface area is 151 Å². The molecule has 2 rings (SSSR count). The highest BCUT2D eigenvalue weighted by atomic mass is 35.5. The Hall–Kier alpha value is -3.53. The topological polar surface area (TPSA) is 137 Å². The largest absolute Gasteiger partial charge is 0.477 e. The summed E-state index contributed by atoms with van der Waals surface area (Å²) in [6.45, 7) is -0.497. The van der Waals surface area contributed by atoms with Gasteiger partial charge in [0.15, 0.2) is 12.4 Å². The van der Waals surface area contributed by atoms with Crippen molar-refractivity contribution in [1.29, 1.82) is 0 Å². The predicted molar refractivity (Wildman–Crippen MR) is 92.4 cm³/mol. The standard InChI is InChI=1S/C15H11ClN4O6/c16-11-6-5-10(7-13(11)20(24)25)8-17-18-15(21)9-26-14-4-2-1-3-12(14)19(22)23/h1-8H,9H2,(H,18,21). The van der Waals surface area contributed by atoms with E-state index in [0.29, 0.717) is 5.56 Å². The molecule has 1 amide bonds. The number of rotatable bonds is 7. The third-order valence-electron chi connectivity index (χ3n) is 2.99. The van der Waals surface area contributed by atoms with Crippen LogP contribution in [0.2, 0.25) is 5.02 Å². The fourth-order valence-electron chi connectivity index (χ4n) is 1.83. The van der Waals surface area contributed by atoms with E-state index in [1.165, 1.54) is 48.7 Å². The molecule has 0 saturated heterocycles. The average molecular weight is 379 g/mol. The molecule has 0 atom stereocenters. The Kier molecular flexibility index (Phi) is 6.17. The zero-order valence-electron chi connectivity index (χ0n) is 13.0. The van der Waals surface area contributed by atoms with Crippen LogP contribution in [0.3, 0.4) is 0 Å². The first-order chi connectivity index (χ1) is 12.4. The minimum atomic E-state index is -0.664. The molecular weight excluding hydrogens is 368 g/mol. The summed E-state index contributed by atoms with van der Waals surface area (Å²) in [7, 11) is 0. The van der Waals surface area contributed by atoms with E-state index < -0.39 is 22.4 Å². The molecule has 26 heavy (non-hydrogen) atoms. The van der Waals surface area contributed by atoms with Gasteiger partial charge in [-0.2, -0.15) is 5.10 Å². The summed E-state index contributed by atoms with van der Waals surface area (Å²) in [5.41, 5.74) is 1.94. The maximum atomic E-state index is 11.7. The van der Waals surface area contributed by atoms with Crippen molar-refractivity contribution in [3.63, 3.8) is 0 Å². The second-order valence-electron chi connectivity index (χ2n) is 4.77. The molecule has 0 aliphatic heterocycles. The lowest BCUT2D eigenvalue weighted by Gasteiger charge is -2.05. The van der Waals surface area contributed by atoms with Crippen LogP contribution in [0.5, 0.6) is 5.75 Å². The van der Waals surface area contributed by atoms with Gasteiger partial charge in [-0.25, -0.2) is 5.43 Å². The van der Waals surface area contributed by atoms with E-state index in [0.717, 1.165) is 0 Å². The number of nitro benzene ring substituents is 2. The number of carbonyl (C=O) groups excluding carboxylic acids is 1. The van der Waals surface area contributed by atoms with Crippen LogP contribution in [0.15, 0.2) is 47.6 Å². The lowest BCUT2D eigenvalue weighted by molar-refractivity contribution is -0.385. The van der Waals surface area contributed by atoms with Crippen LogP contribution in [-0.4, -0.2) is 28.6 Å². The number of halogens is 1. The van der Waals surface area contributed by atoms with Crippen molar-refractivity contribution < 1.29 is 19.4 Å². The van der Waals surface area contributed by atoms with Gasteiger partial charge >= 0.3 is 5.69 Å². The van der Waals surface area contributed by atoms with Gasteiger partial charge < -0.3 is 4.74 Å². The van der Waals surface area contributed by atoms with Crippen molar-refractivity contribution in [3.8, 4) is 5.75 Å². The summed E-state index contributed by atoms with van der Waals surface area (Å²) in [5, 5.41) is 25.3. The number of nitrogens with zero attached hydrogens (tertiary/aromatic N) is 3. The first-order valence-electron chi connectivity index (χ1n) is 7.00. The summed E-state index contributed by atoms with van der Waals surface area (Å²) < 4.78 is 5.09. The van der Waals surface area contributed by atoms with E-state index in [2.05, 4.69) is 10.5 Å². The second-order valence-corrected chi connectivity index (χ2v) is 5.18. The molecule has 2 aromatic rings. The molecule has 0 spiro atoms. The quantitative estimate of drug-likeness (QED) is 0.446. The number of hydrazone groups is 1. The molecule has 134 valence electrons. The normalized spacial score (nSPS) is 10.5. The van der Waals surface area contributed by atoms with E-state index >= 15 is 0 Å². The van der Waals surface area contributed by atoms with Crippen LogP contribution in [0.4, 0.5) is 11.4 Å². The molecule has 0 radical (unpaired) electrons. The summed E-state index contributed by atoms with van der Waals surface area (Å²) >= 11 is 5.69. The number of nitrogens with one attached hydrogen (secondary N) is 1. The van der Waals surface area contributed by atoms with Crippen LogP contribution in [0, 0.1) is 20.2 Å². The van der Waals surface area contributed by atoms with Gasteiger partial charge in [-0.3, -0.25) is 25.0 Å². The fourth-order valence-corrected chi connectivity index (χ4v) is 2.02. The zero-order chi connectivity index (χ0) is 19.1. The highest BCUT2D eigenvalue weighted by molar-refractivity contribution is 6.32. The maximum Gasteiger partial charge on any atom is 0.310 e. The fraction of sp³-hybridized carbons (Fsp3) is 0.0667. The molecule has 0 aromatic heterocycles. The van der Waals surface area contributed by atoms with E-state index in [4.69, 9.17) is 16.3 Å². The first-order valence-corrected chi connectivity index (χ1v) is 7.38. The number of nitro groups is 2. The average Bonchev–Trinajstić information content (AvgIpc) is 2.61. The third-order valence-corrected chi connectivity index (χ3v) is 3.31. The molecule has 2 aromatic carbocycles. The lowest BCUT2D eigenvalue weighted by Crippen LogP contribution is -2.24. The molecule has 0 saturated carbocycles. The Balaban J connectivity index is 1.93. The highest BCUT2D eigenvalue weighted by Crippen LogP contribution is 2.26. The highest BCUT2D eigenvalue weighted by Gasteiger charge is 2.15. The summed E-state index contributed by atoms with van der Waals surface area (Å²) in [6, 6.07) is 9.63. The number of para-hydroxylation sites is 2. The lowest BCUT2D eigenvalue weighted by atomic mass is 10.2. The van der Waals surface area contributed by atoms with Crippen molar-refractivity contribution in [2.45, 2.75) is 0 Å².